The number of benzene rings is 1. The van der Waals surface area contributed by atoms with Crippen LogP contribution in [0, 0.1) is 5.82 Å². The molecular formula is C15H11FN2O. The van der Waals surface area contributed by atoms with Crippen molar-refractivity contribution in [3.63, 3.8) is 0 Å². The van der Waals surface area contributed by atoms with Gasteiger partial charge in [0.05, 0.1) is 17.8 Å². The molecule has 0 fully saturated rings. The number of aromatic nitrogens is 2. The van der Waals surface area contributed by atoms with Crippen LogP contribution in [0.3, 0.4) is 0 Å². The molecule has 3 aromatic rings. The van der Waals surface area contributed by atoms with Crippen molar-refractivity contribution in [3.8, 4) is 11.3 Å². The number of nitrogens with zero attached hydrogens (tertiary/aromatic N) is 2. The van der Waals surface area contributed by atoms with Crippen molar-refractivity contribution in [2.45, 2.75) is 6.61 Å². The molecule has 3 nitrogen and oxygen atoms in total. The lowest BCUT2D eigenvalue weighted by Gasteiger charge is -2.07. The predicted octanol–water partition coefficient (Wildman–Crippen LogP) is 2.93. The van der Waals surface area contributed by atoms with E-state index in [1.807, 2.05) is 6.07 Å². The van der Waals surface area contributed by atoms with Gasteiger partial charge in [0.2, 0.25) is 0 Å². The average Bonchev–Trinajstić information content (AvgIpc) is 2.46. The topological polar surface area (TPSA) is 46.0 Å². The van der Waals surface area contributed by atoms with E-state index in [0.717, 1.165) is 10.9 Å². The molecular weight excluding hydrogens is 243 g/mol. The fourth-order valence-electron chi connectivity index (χ4n) is 2.07. The highest BCUT2D eigenvalue weighted by atomic mass is 19.1. The maximum Gasteiger partial charge on any atom is 0.124 e. The third-order valence-corrected chi connectivity index (χ3v) is 2.95. The van der Waals surface area contributed by atoms with Gasteiger partial charge in [-0.05, 0) is 35.9 Å². The zero-order valence-electron chi connectivity index (χ0n) is 10.0. The van der Waals surface area contributed by atoms with Crippen LogP contribution < -0.4 is 0 Å². The number of hydrogen-bond donors (Lipinski definition) is 1. The molecule has 1 aromatic carbocycles. The monoisotopic (exact) mass is 254 g/mol. The summed E-state index contributed by atoms with van der Waals surface area (Å²) in [6, 6.07) is 9.90. The number of rotatable bonds is 2. The van der Waals surface area contributed by atoms with Crippen molar-refractivity contribution in [2.75, 3.05) is 0 Å². The number of pyridine rings is 2. The summed E-state index contributed by atoms with van der Waals surface area (Å²) in [6.07, 6.45) is 3.26. The van der Waals surface area contributed by atoms with Crippen molar-refractivity contribution in [1.82, 2.24) is 9.97 Å². The number of aliphatic hydroxyl groups is 1. The van der Waals surface area contributed by atoms with Gasteiger partial charge in [0.25, 0.3) is 0 Å². The van der Waals surface area contributed by atoms with E-state index < -0.39 is 0 Å². The van der Waals surface area contributed by atoms with Crippen LogP contribution in [0.5, 0.6) is 0 Å². The Morgan fingerprint density at radius 2 is 1.95 bits per heavy atom. The van der Waals surface area contributed by atoms with E-state index in [1.54, 1.807) is 30.6 Å². The number of fused-ring (bicyclic) bond motifs is 1. The summed E-state index contributed by atoms with van der Waals surface area (Å²) in [5, 5.41) is 9.89. The summed E-state index contributed by atoms with van der Waals surface area (Å²) in [5.74, 6) is -0.327. The summed E-state index contributed by atoms with van der Waals surface area (Å²) in [6.45, 7) is -0.0732. The van der Waals surface area contributed by atoms with Gasteiger partial charge in [-0.1, -0.05) is 6.07 Å². The minimum atomic E-state index is -0.327. The third-order valence-electron chi connectivity index (χ3n) is 2.95. The second-order valence-corrected chi connectivity index (χ2v) is 4.24. The Balaban J connectivity index is 2.29. The van der Waals surface area contributed by atoms with Crippen molar-refractivity contribution >= 4 is 10.9 Å². The van der Waals surface area contributed by atoms with Gasteiger partial charge in [-0.15, -0.1) is 0 Å². The van der Waals surface area contributed by atoms with Crippen LogP contribution >= 0.6 is 0 Å². The van der Waals surface area contributed by atoms with E-state index in [0.29, 0.717) is 16.8 Å². The number of aliphatic hydroxyl groups excluding tert-OH is 1. The largest absolute Gasteiger partial charge is 0.392 e. The summed E-state index contributed by atoms with van der Waals surface area (Å²) in [4.78, 5) is 8.52. The maximum absolute atomic E-state index is 13.7. The van der Waals surface area contributed by atoms with E-state index in [9.17, 15) is 4.39 Å². The fourth-order valence-corrected chi connectivity index (χ4v) is 2.07. The second-order valence-electron chi connectivity index (χ2n) is 4.24. The Labute approximate surface area is 109 Å². The second kappa shape index (κ2) is 4.74. The van der Waals surface area contributed by atoms with E-state index in [4.69, 9.17) is 5.11 Å². The van der Waals surface area contributed by atoms with Gasteiger partial charge in [-0.3, -0.25) is 9.97 Å². The van der Waals surface area contributed by atoms with Gasteiger partial charge >= 0.3 is 0 Å². The SMILES string of the molecule is OCc1ccnc(-c2cc(F)cc3cccnc23)c1. The average molecular weight is 254 g/mol. The van der Waals surface area contributed by atoms with E-state index in [1.165, 1.54) is 12.1 Å². The molecule has 2 aromatic heterocycles. The quantitative estimate of drug-likeness (QED) is 0.764. The molecule has 2 heterocycles. The molecule has 4 heteroatoms. The molecule has 0 bridgehead atoms. The van der Waals surface area contributed by atoms with Crippen molar-refractivity contribution in [2.24, 2.45) is 0 Å². The van der Waals surface area contributed by atoms with Gasteiger partial charge in [-0.25, -0.2) is 4.39 Å². The Kier molecular flexibility index (Phi) is 2.93. The molecule has 0 saturated heterocycles. The molecule has 3 rings (SSSR count). The molecule has 0 spiro atoms. The number of halogens is 1. The van der Waals surface area contributed by atoms with Crippen LogP contribution in [0.4, 0.5) is 4.39 Å². The Morgan fingerprint density at radius 1 is 1.05 bits per heavy atom. The molecule has 94 valence electrons. The van der Waals surface area contributed by atoms with Crippen LogP contribution in [0.25, 0.3) is 22.2 Å². The molecule has 0 atom stereocenters. The first-order valence-electron chi connectivity index (χ1n) is 5.88. The highest BCUT2D eigenvalue weighted by Gasteiger charge is 2.09. The minimum Gasteiger partial charge on any atom is -0.392 e. The normalized spacial score (nSPS) is 10.8. The van der Waals surface area contributed by atoms with Crippen LogP contribution in [-0.4, -0.2) is 15.1 Å². The van der Waals surface area contributed by atoms with Crippen molar-refractivity contribution in [1.29, 1.82) is 0 Å². The molecule has 0 saturated carbocycles. The minimum absolute atomic E-state index is 0.0732. The number of hydrogen-bond acceptors (Lipinski definition) is 3. The van der Waals surface area contributed by atoms with Crippen molar-refractivity contribution in [3.05, 3.63) is 60.2 Å². The van der Waals surface area contributed by atoms with Gasteiger partial charge in [0.1, 0.15) is 5.82 Å². The first kappa shape index (κ1) is 11.7. The third kappa shape index (κ3) is 2.18. The standard InChI is InChI=1S/C15H11FN2O/c16-12-7-11-2-1-4-18-15(11)13(8-12)14-6-10(9-19)3-5-17-14/h1-8,19H,9H2. The molecule has 0 amide bonds. The van der Waals surface area contributed by atoms with Crippen LogP contribution in [0.15, 0.2) is 48.8 Å². The zero-order valence-corrected chi connectivity index (χ0v) is 10.0. The molecule has 1 N–H and O–H groups in total. The van der Waals surface area contributed by atoms with Crippen molar-refractivity contribution < 1.29 is 9.50 Å². The Bertz CT molecular complexity index is 743. The first-order valence-corrected chi connectivity index (χ1v) is 5.88. The Morgan fingerprint density at radius 3 is 2.79 bits per heavy atom. The summed E-state index contributed by atoms with van der Waals surface area (Å²) < 4.78 is 13.7. The van der Waals surface area contributed by atoms with E-state index >= 15 is 0 Å². The highest BCUT2D eigenvalue weighted by Crippen LogP contribution is 2.27. The van der Waals surface area contributed by atoms with Gasteiger partial charge in [0.15, 0.2) is 0 Å². The van der Waals surface area contributed by atoms with E-state index in [2.05, 4.69) is 9.97 Å². The predicted molar refractivity (Wildman–Crippen MR) is 70.9 cm³/mol. The van der Waals surface area contributed by atoms with Crippen LogP contribution in [0.2, 0.25) is 0 Å². The van der Waals surface area contributed by atoms with Gasteiger partial charge < -0.3 is 5.11 Å². The van der Waals surface area contributed by atoms with E-state index in [-0.39, 0.29) is 12.4 Å². The summed E-state index contributed by atoms with van der Waals surface area (Å²) >= 11 is 0. The lowest BCUT2D eigenvalue weighted by atomic mass is 10.0. The smallest absolute Gasteiger partial charge is 0.124 e. The Hall–Kier alpha value is -2.33. The maximum atomic E-state index is 13.7. The summed E-state index contributed by atoms with van der Waals surface area (Å²) in [7, 11) is 0. The lowest BCUT2D eigenvalue weighted by Crippen LogP contribution is -1.92. The van der Waals surface area contributed by atoms with Crippen LogP contribution in [0.1, 0.15) is 5.56 Å². The summed E-state index contributed by atoms with van der Waals surface area (Å²) in [5.41, 5.74) is 2.67. The molecule has 0 unspecified atom stereocenters. The molecule has 0 aliphatic carbocycles. The first-order chi connectivity index (χ1) is 9.28. The van der Waals surface area contributed by atoms with Gasteiger partial charge in [0, 0.05) is 23.3 Å². The molecule has 0 radical (unpaired) electrons. The molecule has 0 aliphatic heterocycles. The van der Waals surface area contributed by atoms with Crippen LogP contribution in [-0.2, 0) is 6.61 Å². The molecule has 19 heavy (non-hydrogen) atoms. The fraction of sp³-hybridized carbons (Fsp3) is 0.0667. The van der Waals surface area contributed by atoms with Gasteiger partial charge in [-0.2, -0.15) is 0 Å². The molecule has 0 aliphatic rings. The lowest BCUT2D eigenvalue weighted by molar-refractivity contribution is 0.282. The highest BCUT2D eigenvalue weighted by molar-refractivity contribution is 5.92. The zero-order chi connectivity index (χ0) is 13.2.